The second-order valence-electron chi connectivity index (χ2n) is 4.62. The normalized spacial score (nSPS) is 26.0. The summed E-state index contributed by atoms with van der Waals surface area (Å²) in [5.41, 5.74) is 14.2. The largest absolute Gasteiger partial charge is 0.321 e. The Hall–Kier alpha value is -1.49. The van der Waals surface area contributed by atoms with E-state index in [0.717, 1.165) is 17.7 Å². The van der Waals surface area contributed by atoms with Crippen molar-refractivity contribution in [3.63, 3.8) is 0 Å². The highest BCUT2D eigenvalue weighted by Crippen LogP contribution is 2.36. The van der Waals surface area contributed by atoms with Gasteiger partial charge in [0.05, 0.1) is 17.3 Å². The summed E-state index contributed by atoms with van der Waals surface area (Å²) in [4.78, 5) is 5.62. The zero-order valence-electron chi connectivity index (χ0n) is 9.91. The number of aliphatic imine (C=N–C) groups is 1. The summed E-state index contributed by atoms with van der Waals surface area (Å²) < 4.78 is 0. The Bertz CT molecular complexity index is 576. The van der Waals surface area contributed by atoms with E-state index in [2.05, 4.69) is 16.4 Å². The molecule has 4 N–H and O–H groups in total. The summed E-state index contributed by atoms with van der Waals surface area (Å²) in [6, 6.07) is 11.8. The lowest BCUT2D eigenvalue weighted by molar-refractivity contribution is 0.413. The van der Waals surface area contributed by atoms with Crippen LogP contribution in [-0.2, 0) is 12.0 Å². The van der Waals surface area contributed by atoms with E-state index >= 15 is 0 Å². The fourth-order valence-corrected chi connectivity index (χ4v) is 3.18. The molecule has 2 unspecified atom stereocenters. The molecule has 1 aliphatic rings. The third-order valence-corrected chi connectivity index (χ3v) is 4.30. The van der Waals surface area contributed by atoms with Crippen molar-refractivity contribution in [2.75, 3.05) is 0 Å². The van der Waals surface area contributed by atoms with E-state index in [1.807, 2.05) is 30.3 Å². The van der Waals surface area contributed by atoms with Crippen LogP contribution in [-0.4, -0.2) is 12.3 Å². The van der Waals surface area contributed by atoms with E-state index in [0.29, 0.717) is 0 Å². The van der Waals surface area contributed by atoms with Crippen LogP contribution in [0.2, 0.25) is 0 Å². The van der Waals surface area contributed by atoms with E-state index in [4.69, 9.17) is 11.5 Å². The maximum Gasteiger partial charge on any atom is 0.0684 e. The average Bonchev–Trinajstić information content (AvgIpc) is 2.87. The molecule has 92 valence electrons. The molecule has 1 aliphatic heterocycles. The molecule has 4 heteroatoms. The molecule has 0 aliphatic carbocycles. The molecule has 2 heterocycles. The monoisotopic (exact) mass is 257 g/mol. The topological polar surface area (TPSA) is 64.4 Å². The molecule has 1 aromatic carbocycles. The molecule has 1 aromatic heterocycles. The number of hydrogen-bond acceptors (Lipinski definition) is 4. The Balaban J connectivity index is 2.06. The third-order valence-electron chi connectivity index (χ3n) is 3.42. The minimum absolute atomic E-state index is 0.255. The first-order valence-electron chi connectivity index (χ1n) is 5.91. The van der Waals surface area contributed by atoms with Crippen molar-refractivity contribution < 1.29 is 0 Å². The lowest BCUT2D eigenvalue weighted by Gasteiger charge is -2.37. The van der Waals surface area contributed by atoms with E-state index in [9.17, 15) is 0 Å². The first kappa shape index (κ1) is 11.6. The van der Waals surface area contributed by atoms with Gasteiger partial charge in [-0.1, -0.05) is 24.3 Å². The molecule has 0 saturated heterocycles. The zero-order valence-corrected chi connectivity index (χ0v) is 10.7. The van der Waals surface area contributed by atoms with Gasteiger partial charge in [0.1, 0.15) is 0 Å². The van der Waals surface area contributed by atoms with Gasteiger partial charge in [-0.3, -0.25) is 4.99 Å². The Labute approximate surface area is 110 Å². The molecule has 18 heavy (non-hydrogen) atoms. The van der Waals surface area contributed by atoms with Crippen LogP contribution in [0.1, 0.15) is 10.4 Å². The molecule has 0 radical (unpaired) electrons. The van der Waals surface area contributed by atoms with Gasteiger partial charge in [0.2, 0.25) is 0 Å². The van der Waals surface area contributed by atoms with E-state index in [1.165, 1.54) is 4.88 Å². The molecule has 3 nitrogen and oxygen atoms in total. The van der Waals surface area contributed by atoms with E-state index in [1.54, 1.807) is 17.6 Å². The number of nitrogens with two attached hydrogens (primary N) is 2. The number of hydrogen-bond donors (Lipinski definition) is 2. The van der Waals surface area contributed by atoms with Crippen molar-refractivity contribution in [2.45, 2.75) is 18.0 Å². The van der Waals surface area contributed by atoms with Gasteiger partial charge in [-0.25, -0.2) is 0 Å². The molecule has 0 spiro atoms. The predicted molar refractivity (Wildman–Crippen MR) is 76.5 cm³/mol. The maximum atomic E-state index is 6.60. The molecule has 2 atom stereocenters. The quantitative estimate of drug-likeness (QED) is 0.866. The van der Waals surface area contributed by atoms with Crippen LogP contribution in [0.4, 0.5) is 5.69 Å². The van der Waals surface area contributed by atoms with E-state index < -0.39 is 5.54 Å². The van der Waals surface area contributed by atoms with Gasteiger partial charge in [-0.15, -0.1) is 11.3 Å². The van der Waals surface area contributed by atoms with Crippen molar-refractivity contribution in [3.05, 3.63) is 52.2 Å². The Kier molecular flexibility index (Phi) is 2.78. The zero-order chi connectivity index (χ0) is 12.6. The van der Waals surface area contributed by atoms with Crippen LogP contribution in [0.3, 0.4) is 0 Å². The molecular weight excluding hydrogens is 242 g/mol. The van der Waals surface area contributed by atoms with Gasteiger partial charge < -0.3 is 11.5 Å². The maximum absolute atomic E-state index is 6.60. The average molecular weight is 257 g/mol. The summed E-state index contributed by atoms with van der Waals surface area (Å²) >= 11 is 1.71. The second kappa shape index (κ2) is 4.31. The molecule has 3 rings (SSSR count). The number of thiophene rings is 1. The van der Waals surface area contributed by atoms with Gasteiger partial charge in [0, 0.05) is 17.5 Å². The first-order chi connectivity index (χ1) is 8.70. The summed E-state index contributed by atoms with van der Waals surface area (Å²) in [5.74, 6) is 0. The van der Waals surface area contributed by atoms with Crippen molar-refractivity contribution in [3.8, 4) is 0 Å². The minimum Gasteiger partial charge on any atom is -0.321 e. The van der Waals surface area contributed by atoms with Gasteiger partial charge in [-0.05, 0) is 23.1 Å². The fraction of sp³-hybridized carbons (Fsp3) is 0.214. The van der Waals surface area contributed by atoms with Crippen LogP contribution in [0.15, 0.2) is 46.8 Å². The van der Waals surface area contributed by atoms with Crippen LogP contribution in [0.5, 0.6) is 0 Å². The Morgan fingerprint density at radius 1 is 1.22 bits per heavy atom. The summed E-state index contributed by atoms with van der Waals surface area (Å²) in [7, 11) is 0. The first-order valence-corrected chi connectivity index (χ1v) is 6.79. The van der Waals surface area contributed by atoms with Crippen molar-refractivity contribution in [1.29, 1.82) is 0 Å². The Morgan fingerprint density at radius 2 is 2.06 bits per heavy atom. The van der Waals surface area contributed by atoms with Crippen LogP contribution >= 0.6 is 11.3 Å². The standard InChI is InChI=1S/C14H15N3S/c15-13-9-17-12-6-2-1-5-11(12)14(13,16)8-10-4-3-7-18-10/h1-7,9,13H,8,15-16H2. The molecule has 0 amide bonds. The third kappa shape index (κ3) is 1.79. The highest BCUT2D eigenvalue weighted by molar-refractivity contribution is 7.09. The smallest absolute Gasteiger partial charge is 0.0684 e. The SMILES string of the molecule is NC1C=Nc2ccccc2C1(N)Cc1cccs1. The van der Waals surface area contributed by atoms with Crippen LogP contribution in [0, 0.1) is 0 Å². The van der Waals surface area contributed by atoms with Crippen molar-refractivity contribution >= 4 is 23.2 Å². The molecule has 0 bridgehead atoms. The van der Waals surface area contributed by atoms with Gasteiger partial charge >= 0.3 is 0 Å². The number of para-hydroxylation sites is 1. The summed E-state index contributed by atoms with van der Waals surface area (Å²) in [6.07, 6.45) is 2.50. The van der Waals surface area contributed by atoms with Crippen molar-refractivity contribution in [1.82, 2.24) is 0 Å². The molecular formula is C14H15N3S. The number of fused-ring (bicyclic) bond motifs is 1. The van der Waals surface area contributed by atoms with Crippen LogP contribution < -0.4 is 11.5 Å². The number of rotatable bonds is 2. The minimum atomic E-state index is -0.566. The van der Waals surface area contributed by atoms with Gasteiger partial charge in [0.25, 0.3) is 0 Å². The molecule has 0 fully saturated rings. The lowest BCUT2D eigenvalue weighted by Crippen LogP contribution is -2.56. The fourth-order valence-electron chi connectivity index (χ4n) is 2.37. The van der Waals surface area contributed by atoms with Gasteiger partial charge in [0.15, 0.2) is 0 Å². The highest BCUT2D eigenvalue weighted by Gasteiger charge is 2.38. The Morgan fingerprint density at radius 3 is 2.83 bits per heavy atom. The highest BCUT2D eigenvalue weighted by atomic mass is 32.1. The summed E-state index contributed by atoms with van der Waals surface area (Å²) in [6.45, 7) is 0. The number of benzene rings is 1. The predicted octanol–water partition coefficient (Wildman–Crippen LogP) is 2.19. The molecule has 2 aromatic rings. The lowest BCUT2D eigenvalue weighted by atomic mass is 9.79. The van der Waals surface area contributed by atoms with Crippen molar-refractivity contribution in [2.24, 2.45) is 16.5 Å². The second-order valence-corrected chi connectivity index (χ2v) is 5.65. The van der Waals surface area contributed by atoms with E-state index in [-0.39, 0.29) is 6.04 Å². The van der Waals surface area contributed by atoms with Crippen LogP contribution in [0.25, 0.3) is 0 Å². The molecule has 0 saturated carbocycles. The number of nitrogens with zero attached hydrogens (tertiary/aromatic N) is 1. The summed E-state index contributed by atoms with van der Waals surface area (Å²) in [5, 5.41) is 2.06. The van der Waals surface area contributed by atoms with Gasteiger partial charge in [-0.2, -0.15) is 0 Å².